The van der Waals surface area contributed by atoms with E-state index in [0.717, 1.165) is 35.2 Å². The molecule has 0 radical (unpaired) electrons. The molecule has 0 unspecified atom stereocenters. The Balaban J connectivity index is 1.56. The molecule has 2 heterocycles. The molecular formula is C31H31N3O4. The Labute approximate surface area is 221 Å². The third-order valence-corrected chi connectivity index (χ3v) is 7.65. The summed E-state index contributed by atoms with van der Waals surface area (Å²) < 4.78 is 1.79. The molecule has 0 atom stereocenters. The number of aliphatic carboxylic acids is 1. The molecule has 1 aliphatic carbocycles. The van der Waals surface area contributed by atoms with E-state index in [1.807, 2.05) is 62.4 Å². The first kappa shape index (κ1) is 25.4. The lowest BCUT2D eigenvalue weighted by molar-refractivity contribution is -0.149. The smallest absolute Gasteiger partial charge is 0.309 e. The molecule has 0 saturated heterocycles. The van der Waals surface area contributed by atoms with Gasteiger partial charge in [0, 0.05) is 24.1 Å². The molecule has 7 nitrogen and oxygen atoms in total. The molecule has 5 rings (SSSR count). The van der Waals surface area contributed by atoms with Gasteiger partial charge in [-0.05, 0) is 73.1 Å². The number of aromatic nitrogens is 2. The van der Waals surface area contributed by atoms with E-state index in [1.54, 1.807) is 29.1 Å². The number of fused-ring (bicyclic) bond motifs is 1. The molecule has 0 spiro atoms. The first-order valence-electron chi connectivity index (χ1n) is 13.1. The molecule has 194 valence electrons. The number of rotatable bonds is 9. The van der Waals surface area contributed by atoms with Crippen LogP contribution in [0.4, 0.5) is 0 Å². The number of carbonyl (C=O) groups is 2. The van der Waals surface area contributed by atoms with Crippen molar-refractivity contribution in [3.63, 3.8) is 0 Å². The van der Waals surface area contributed by atoms with Crippen LogP contribution < -0.4 is 10.7 Å². The predicted molar refractivity (Wildman–Crippen MR) is 148 cm³/mol. The normalized spacial score (nSPS) is 13.4. The number of pyridine rings is 2. The first-order chi connectivity index (χ1) is 18.3. The molecule has 1 amide bonds. The van der Waals surface area contributed by atoms with Crippen molar-refractivity contribution in [2.75, 3.05) is 0 Å². The SMILES string of the molecule is CCC(CC)(Cc1cccc(-c2cccc(-n3cc(C(=O)NC4CC4)c(=O)c4cccnc43)c2)c1)C(=O)O. The maximum atomic E-state index is 13.1. The average Bonchev–Trinajstić information content (AvgIpc) is 3.76. The lowest BCUT2D eigenvalue weighted by atomic mass is 9.77. The van der Waals surface area contributed by atoms with E-state index >= 15 is 0 Å². The molecule has 2 aromatic carbocycles. The van der Waals surface area contributed by atoms with Crippen LogP contribution in [0.5, 0.6) is 0 Å². The maximum absolute atomic E-state index is 13.1. The van der Waals surface area contributed by atoms with Gasteiger partial charge in [0.15, 0.2) is 0 Å². The maximum Gasteiger partial charge on any atom is 0.309 e. The van der Waals surface area contributed by atoms with Crippen LogP contribution in [0.15, 0.2) is 77.9 Å². The highest BCUT2D eigenvalue weighted by Gasteiger charge is 2.35. The van der Waals surface area contributed by atoms with Crippen LogP contribution in [0.1, 0.15) is 55.5 Å². The Morgan fingerprint density at radius 1 is 1.03 bits per heavy atom. The number of carboxylic acid groups (broad SMARTS) is 1. The molecule has 4 aromatic rings. The van der Waals surface area contributed by atoms with Gasteiger partial charge < -0.3 is 15.0 Å². The number of carbonyl (C=O) groups excluding carboxylic acids is 1. The summed E-state index contributed by atoms with van der Waals surface area (Å²) in [4.78, 5) is 42.5. The zero-order valence-electron chi connectivity index (χ0n) is 21.6. The molecule has 1 aliphatic rings. The summed E-state index contributed by atoms with van der Waals surface area (Å²) >= 11 is 0. The van der Waals surface area contributed by atoms with E-state index in [0.29, 0.717) is 30.3 Å². The number of benzene rings is 2. The van der Waals surface area contributed by atoms with Gasteiger partial charge in [-0.3, -0.25) is 14.4 Å². The van der Waals surface area contributed by atoms with Crippen LogP contribution in [0.2, 0.25) is 0 Å². The minimum atomic E-state index is -0.793. The van der Waals surface area contributed by atoms with Gasteiger partial charge in [-0.25, -0.2) is 4.98 Å². The van der Waals surface area contributed by atoms with Crippen LogP contribution in [0, 0.1) is 5.41 Å². The van der Waals surface area contributed by atoms with Gasteiger partial charge in [-0.15, -0.1) is 0 Å². The summed E-state index contributed by atoms with van der Waals surface area (Å²) in [6.45, 7) is 3.85. The summed E-state index contributed by atoms with van der Waals surface area (Å²) in [6.07, 6.45) is 6.64. The summed E-state index contributed by atoms with van der Waals surface area (Å²) in [5.74, 6) is -1.14. The molecular weight excluding hydrogens is 478 g/mol. The highest BCUT2D eigenvalue weighted by molar-refractivity contribution is 5.97. The highest BCUT2D eigenvalue weighted by Crippen LogP contribution is 2.33. The van der Waals surface area contributed by atoms with Crippen LogP contribution in [0.3, 0.4) is 0 Å². The summed E-state index contributed by atoms with van der Waals surface area (Å²) in [5.41, 5.74) is 3.06. The van der Waals surface area contributed by atoms with Gasteiger partial charge in [0.25, 0.3) is 5.91 Å². The highest BCUT2D eigenvalue weighted by atomic mass is 16.4. The minimum absolute atomic E-state index is 0.0916. The van der Waals surface area contributed by atoms with E-state index in [9.17, 15) is 19.5 Å². The molecule has 1 saturated carbocycles. The fraction of sp³-hybridized carbons (Fsp3) is 0.290. The molecule has 2 N–H and O–H groups in total. The zero-order chi connectivity index (χ0) is 26.9. The van der Waals surface area contributed by atoms with Crippen LogP contribution in [0.25, 0.3) is 27.8 Å². The van der Waals surface area contributed by atoms with Gasteiger partial charge >= 0.3 is 5.97 Å². The van der Waals surface area contributed by atoms with E-state index in [-0.39, 0.29) is 22.9 Å². The zero-order valence-corrected chi connectivity index (χ0v) is 21.6. The summed E-state index contributed by atoms with van der Waals surface area (Å²) in [7, 11) is 0. The van der Waals surface area contributed by atoms with Crippen LogP contribution >= 0.6 is 0 Å². The Morgan fingerprint density at radius 3 is 2.42 bits per heavy atom. The molecule has 7 heteroatoms. The van der Waals surface area contributed by atoms with Crippen molar-refractivity contribution in [2.45, 2.75) is 52.0 Å². The predicted octanol–water partition coefficient (Wildman–Crippen LogP) is 5.38. The lowest BCUT2D eigenvalue weighted by Gasteiger charge is -2.27. The number of hydrogen-bond acceptors (Lipinski definition) is 4. The van der Waals surface area contributed by atoms with E-state index in [1.165, 1.54) is 0 Å². The number of carboxylic acids is 1. The molecule has 1 fully saturated rings. The fourth-order valence-electron chi connectivity index (χ4n) is 4.97. The van der Waals surface area contributed by atoms with E-state index in [2.05, 4.69) is 10.3 Å². The fourth-order valence-corrected chi connectivity index (χ4v) is 4.97. The third kappa shape index (κ3) is 4.84. The molecule has 0 aliphatic heterocycles. The van der Waals surface area contributed by atoms with Gasteiger partial charge in [0.1, 0.15) is 11.2 Å². The quantitative estimate of drug-likeness (QED) is 0.316. The summed E-state index contributed by atoms with van der Waals surface area (Å²) in [5, 5.41) is 13.2. The first-order valence-corrected chi connectivity index (χ1v) is 13.1. The Kier molecular flexibility index (Phi) is 6.85. The largest absolute Gasteiger partial charge is 0.481 e. The standard InChI is InChI=1S/C31H31N3O4/c1-3-31(4-2,30(37)38)18-20-8-5-9-21(16-20)22-10-6-11-24(17-22)34-19-26(29(36)33-23-13-14-23)27(35)25-12-7-15-32-28(25)34/h5-12,15-17,19,23H,3-4,13-14,18H2,1-2H3,(H,33,36)(H,37,38). The van der Waals surface area contributed by atoms with E-state index in [4.69, 9.17) is 0 Å². The van der Waals surface area contributed by atoms with Crippen molar-refractivity contribution < 1.29 is 14.7 Å². The topological polar surface area (TPSA) is 101 Å². The van der Waals surface area contributed by atoms with Crippen molar-refractivity contribution in [3.05, 3.63) is 94.4 Å². The lowest BCUT2D eigenvalue weighted by Crippen LogP contribution is -2.32. The van der Waals surface area contributed by atoms with Crippen molar-refractivity contribution in [3.8, 4) is 16.8 Å². The van der Waals surface area contributed by atoms with Crippen molar-refractivity contribution in [1.29, 1.82) is 0 Å². The second-order valence-electron chi connectivity index (χ2n) is 10.1. The number of nitrogens with one attached hydrogen (secondary N) is 1. The summed E-state index contributed by atoms with van der Waals surface area (Å²) in [6, 6.07) is 19.3. The number of hydrogen-bond donors (Lipinski definition) is 2. The molecule has 2 aromatic heterocycles. The van der Waals surface area contributed by atoms with Gasteiger partial charge in [-0.1, -0.05) is 50.2 Å². The number of nitrogens with zero attached hydrogens (tertiary/aromatic N) is 2. The molecule has 38 heavy (non-hydrogen) atoms. The van der Waals surface area contributed by atoms with E-state index < -0.39 is 11.4 Å². The van der Waals surface area contributed by atoms with Crippen LogP contribution in [-0.2, 0) is 11.2 Å². The Bertz CT molecular complexity index is 1580. The van der Waals surface area contributed by atoms with Crippen molar-refractivity contribution in [2.24, 2.45) is 5.41 Å². The minimum Gasteiger partial charge on any atom is -0.481 e. The molecule has 0 bridgehead atoms. The monoisotopic (exact) mass is 509 g/mol. The van der Waals surface area contributed by atoms with Gasteiger partial charge in [0.05, 0.1) is 10.8 Å². The second-order valence-corrected chi connectivity index (χ2v) is 10.1. The van der Waals surface area contributed by atoms with Crippen molar-refractivity contribution >= 4 is 22.9 Å². The third-order valence-electron chi connectivity index (χ3n) is 7.65. The average molecular weight is 510 g/mol. The van der Waals surface area contributed by atoms with Crippen molar-refractivity contribution in [1.82, 2.24) is 14.9 Å². The van der Waals surface area contributed by atoms with Gasteiger partial charge in [0.2, 0.25) is 5.43 Å². The van der Waals surface area contributed by atoms with Crippen LogP contribution in [-0.4, -0.2) is 32.6 Å². The second kappa shape index (κ2) is 10.2. The van der Waals surface area contributed by atoms with Gasteiger partial charge in [-0.2, -0.15) is 0 Å². The Morgan fingerprint density at radius 2 is 1.74 bits per heavy atom. The Hall–Kier alpha value is -4.26. The number of amides is 1.